The van der Waals surface area contributed by atoms with E-state index < -0.39 is 15.8 Å². The summed E-state index contributed by atoms with van der Waals surface area (Å²) in [6.45, 7) is 0.123. The molecule has 0 saturated heterocycles. The monoisotopic (exact) mass is 311 g/mol. The fourth-order valence-corrected chi connectivity index (χ4v) is 2.13. The zero-order valence-electron chi connectivity index (χ0n) is 11.8. The van der Waals surface area contributed by atoms with E-state index in [9.17, 15) is 18.0 Å². The Morgan fingerprint density at radius 1 is 1.24 bits per heavy atom. The van der Waals surface area contributed by atoms with E-state index in [1.165, 1.54) is 18.0 Å². The van der Waals surface area contributed by atoms with Crippen molar-refractivity contribution in [3.05, 3.63) is 41.5 Å². The van der Waals surface area contributed by atoms with E-state index in [1.807, 2.05) is 0 Å². The molecule has 0 aliphatic carbocycles. The summed E-state index contributed by atoms with van der Waals surface area (Å²) < 4.78 is 22.1. The molecule has 0 aliphatic heterocycles. The summed E-state index contributed by atoms with van der Waals surface area (Å²) in [5, 5.41) is 8.52. The van der Waals surface area contributed by atoms with Gasteiger partial charge in [0.25, 0.3) is 5.91 Å². The summed E-state index contributed by atoms with van der Waals surface area (Å²) in [4.78, 5) is 23.8. The highest BCUT2D eigenvalue weighted by atomic mass is 32.2. The number of carbonyl (C=O) groups excluding carboxylic acids is 1. The van der Waals surface area contributed by atoms with Gasteiger partial charge in [-0.05, 0) is 23.8 Å². The van der Waals surface area contributed by atoms with Gasteiger partial charge in [0.15, 0.2) is 0 Å². The fraction of sp³-hybridized carbons (Fsp3) is 0.286. The van der Waals surface area contributed by atoms with Crippen molar-refractivity contribution >= 4 is 27.8 Å². The van der Waals surface area contributed by atoms with E-state index in [4.69, 9.17) is 5.11 Å². The Kier molecular flexibility index (Phi) is 5.66. The molecule has 7 heteroatoms. The van der Waals surface area contributed by atoms with Gasteiger partial charge in [0.05, 0.1) is 5.75 Å². The minimum Gasteiger partial charge on any atom is -0.478 e. The van der Waals surface area contributed by atoms with Crippen LogP contribution in [0, 0.1) is 0 Å². The Hall–Kier alpha value is -2.15. The molecule has 1 amide bonds. The number of carbonyl (C=O) groups is 2. The Balaban J connectivity index is 2.72. The molecule has 0 bridgehead atoms. The highest BCUT2D eigenvalue weighted by molar-refractivity contribution is 7.90. The molecule has 1 rings (SSSR count). The standard InChI is InChI=1S/C14H17NO5S/c1-15(9-10-21(2,19)20)14(18)12-6-3-11(4-7-12)5-8-13(16)17/h3-8H,9-10H2,1-2H3,(H,16,17). The first kappa shape index (κ1) is 16.9. The predicted octanol–water partition coefficient (Wildman–Crippen LogP) is 0.901. The maximum absolute atomic E-state index is 12.1. The van der Waals surface area contributed by atoms with Crippen molar-refractivity contribution in [3.63, 3.8) is 0 Å². The molecule has 1 aromatic rings. The lowest BCUT2D eigenvalue weighted by Crippen LogP contribution is -2.31. The summed E-state index contributed by atoms with van der Waals surface area (Å²) in [5.41, 5.74) is 1.08. The third kappa shape index (κ3) is 6.22. The molecule has 21 heavy (non-hydrogen) atoms. The second-order valence-electron chi connectivity index (χ2n) is 4.65. The van der Waals surface area contributed by atoms with E-state index in [-0.39, 0.29) is 18.2 Å². The van der Waals surface area contributed by atoms with Crippen molar-refractivity contribution < 1.29 is 23.1 Å². The van der Waals surface area contributed by atoms with Crippen LogP contribution in [0.15, 0.2) is 30.3 Å². The van der Waals surface area contributed by atoms with Crippen LogP contribution >= 0.6 is 0 Å². The van der Waals surface area contributed by atoms with Gasteiger partial charge in [-0.15, -0.1) is 0 Å². The van der Waals surface area contributed by atoms with Gasteiger partial charge in [0.2, 0.25) is 0 Å². The van der Waals surface area contributed by atoms with Crippen LogP contribution in [0.1, 0.15) is 15.9 Å². The number of carboxylic acid groups (broad SMARTS) is 1. The zero-order chi connectivity index (χ0) is 16.0. The van der Waals surface area contributed by atoms with Gasteiger partial charge in [-0.25, -0.2) is 13.2 Å². The summed E-state index contributed by atoms with van der Waals surface area (Å²) in [6, 6.07) is 6.38. The molecule has 0 atom stereocenters. The van der Waals surface area contributed by atoms with Crippen LogP contribution in [0.2, 0.25) is 0 Å². The highest BCUT2D eigenvalue weighted by Crippen LogP contribution is 2.08. The average molecular weight is 311 g/mol. The molecular weight excluding hydrogens is 294 g/mol. The van der Waals surface area contributed by atoms with Gasteiger partial charge >= 0.3 is 5.97 Å². The van der Waals surface area contributed by atoms with Crippen LogP contribution in [0.4, 0.5) is 0 Å². The predicted molar refractivity (Wildman–Crippen MR) is 79.8 cm³/mol. The van der Waals surface area contributed by atoms with Crippen LogP contribution in [0.25, 0.3) is 6.08 Å². The number of nitrogens with zero attached hydrogens (tertiary/aromatic N) is 1. The number of amides is 1. The Labute approximate surface area is 123 Å². The van der Waals surface area contributed by atoms with Gasteiger partial charge < -0.3 is 10.0 Å². The Morgan fingerprint density at radius 2 is 1.81 bits per heavy atom. The van der Waals surface area contributed by atoms with E-state index in [1.54, 1.807) is 24.3 Å². The maximum Gasteiger partial charge on any atom is 0.328 e. The van der Waals surface area contributed by atoms with Crippen LogP contribution in [-0.4, -0.2) is 55.9 Å². The smallest absolute Gasteiger partial charge is 0.328 e. The maximum atomic E-state index is 12.1. The number of carboxylic acids is 1. The Morgan fingerprint density at radius 3 is 2.29 bits per heavy atom. The first-order valence-corrected chi connectivity index (χ1v) is 8.19. The van der Waals surface area contributed by atoms with Crippen molar-refractivity contribution in [1.29, 1.82) is 0 Å². The van der Waals surface area contributed by atoms with E-state index in [0.717, 1.165) is 12.3 Å². The van der Waals surface area contributed by atoms with Gasteiger partial charge in [0.1, 0.15) is 9.84 Å². The van der Waals surface area contributed by atoms with Crippen molar-refractivity contribution in [2.24, 2.45) is 0 Å². The summed E-state index contributed by atoms with van der Waals surface area (Å²) in [5.74, 6) is -1.42. The lowest BCUT2D eigenvalue weighted by Gasteiger charge is -2.16. The van der Waals surface area contributed by atoms with E-state index >= 15 is 0 Å². The number of hydrogen-bond donors (Lipinski definition) is 1. The van der Waals surface area contributed by atoms with Crippen molar-refractivity contribution in [1.82, 2.24) is 4.90 Å². The van der Waals surface area contributed by atoms with Crippen molar-refractivity contribution in [2.75, 3.05) is 25.6 Å². The summed E-state index contributed by atoms with van der Waals surface area (Å²) in [6.07, 6.45) is 3.55. The number of sulfone groups is 1. The van der Waals surface area contributed by atoms with Gasteiger partial charge in [-0.3, -0.25) is 4.79 Å². The van der Waals surface area contributed by atoms with E-state index in [2.05, 4.69) is 0 Å². The van der Waals surface area contributed by atoms with Gasteiger partial charge in [-0.1, -0.05) is 12.1 Å². The molecule has 6 nitrogen and oxygen atoms in total. The molecule has 0 heterocycles. The molecule has 0 aromatic heterocycles. The lowest BCUT2D eigenvalue weighted by molar-refractivity contribution is -0.131. The number of hydrogen-bond acceptors (Lipinski definition) is 4. The zero-order valence-corrected chi connectivity index (χ0v) is 12.6. The third-order valence-corrected chi connectivity index (χ3v) is 3.64. The number of benzene rings is 1. The normalized spacial score (nSPS) is 11.5. The SMILES string of the molecule is CN(CCS(C)(=O)=O)C(=O)c1ccc(C=CC(=O)O)cc1. The van der Waals surface area contributed by atoms with E-state index in [0.29, 0.717) is 11.1 Å². The first-order chi connectivity index (χ1) is 9.69. The number of rotatable bonds is 6. The largest absolute Gasteiger partial charge is 0.478 e. The molecule has 0 radical (unpaired) electrons. The molecule has 1 aromatic carbocycles. The molecule has 114 valence electrons. The van der Waals surface area contributed by atoms with Crippen LogP contribution in [0.3, 0.4) is 0 Å². The summed E-state index contributed by atoms with van der Waals surface area (Å²) >= 11 is 0. The fourth-order valence-electron chi connectivity index (χ4n) is 1.53. The van der Waals surface area contributed by atoms with Crippen molar-refractivity contribution in [3.8, 4) is 0 Å². The molecule has 0 saturated carbocycles. The van der Waals surface area contributed by atoms with Gasteiger partial charge in [0, 0.05) is 31.5 Å². The molecule has 0 fully saturated rings. The second kappa shape index (κ2) is 7.03. The highest BCUT2D eigenvalue weighted by Gasteiger charge is 2.13. The minimum absolute atomic E-state index is 0.0886. The topological polar surface area (TPSA) is 91.8 Å². The molecule has 0 unspecified atom stereocenters. The molecular formula is C14H17NO5S. The Bertz CT molecular complexity index is 646. The third-order valence-electron chi connectivity index (χ3n) is 2.72. The lowest BCUT2D eigenvalue weighted by atomic mass is 10.1. The minimum atomic E-state index is -3.12. The molecule has 0 spiro atoms. The summed E-state index contributed by atoms with van der Waals surface area (Å²) in [7, 11) is -1.58. The number of aliphatic carboxylic acids is 1. The quantitative estimate of drug-likeness (QED) is 0.788. The second-order valence-corrected chi connectivity index (χ2v) is 6.91. The van der Waals surface area contributed by atoms with Gasteiger partial charge in [-0.2, -0.15) is 0 Å². The molecule has 0 aliphatic rings. The van der Waals surface area contributed by atoms with Crippen LogP contribution in [-0.2, 0) is 14.6 Å². The van der Waals surface area contributed by atoms with Crippen LogP contribution < -0.4 is 0 Å². The average Bonchev–Trinajstić information content (AvgIpc) is 2.41. The first-order valence-electron chi connectivity index (χ1n) is 6.13. The molecule has 1 N–H and O–H groups in total. The van der Waals surface area contributed by atoms with Crippen LogP contribution in [0.5, 0.6) is 0 Å². The van der Waals surface area contributed by atoms with Crippen molar-refractivity contribution in [2.45, 2.75) is 0 Å².